The lowest BCUT2D eigenvalue weighted by atomic mass is 9.41. The van der Waals surface area contributed by atoms with Crippen LogP contribution in [0.25, 0.3) is 0 Å². The number of hydrogen-bond donors (Lipinski definition) is 2. The van der Waals surface area contributed by atoms with E-state index in [1.54, 1.807) is 0 Å². The topological polar surface area (TPSA) is 74.6 Å². The third-order valence-electron chi connectivity index (χ3n) is 10.1. The lowest BCUT2D eigenvalue weighted by molar-refractivity contribution is -0.194. The number of allylic oxidation sites excluding steroid dienone is 1. The summed E-state index contributed by atoms with van der Waals surface area (Å²) in [6, 6.07) is 0. The monoisotopic (exact) mass is 430 g/mol. The molecule has 0 aromatic heterocycles. The van der Waals surface area contributed by atoms with E-state index in [1.165, 1.54) is 0 Å². The summed E-state index contributed by atoms with van der Waals surface area (Å²) in [6.45, 7) is 10.8. The zero-order valence-electron chi connectivity index (χ0n) is 20.1. The molecule has 4 rings (SSSR count). The molecular weight excluding hydrogens is 388 g/mol. The molecule has 2 N–H and O–H groups in total. The number of aliphatic hydroxyl groups excluding tert-OH is 1. The largest absolute Gasteiger partial charge is 0.481 e. The van der Waals surface area contributed by atoms with Crippen molar-refractivity contribution in [2.75, 3.05) is 0 Å². The number of aldehydes is 1. The van der Waals surface area contributed by atoms with Gasteiger partial charge in [0.2, 0.25) is 0 Å². The molecule has 3 fully saturated rings. The first kappa shape index (κ1) is 23.0. The van der Waals surface area contributed by atoms with Crippen molar-refractivity contribution in [1.82, 2.24) is 0 Å². The van der Waals surface area contributed by atoms with E-state index in [0.717, 1.165) is 50.4 Å². The molecule has 8 atom stereocenters. The van der Waals surface area contributed by atoms with Gasteiger partial charge in [0.1, 0.15) is 11.7 Å². The lowest BCUT2D eigenvalue weighted by Crippen LogP contribution is -2.65. The molecule has 4 unspecified atom stereocenters. The van der Waals surface area contributed by atoms with Gasteiger partial charge in [-0.15, -0.1) is 0 Å². The number of fused-ring (bicyclic) bond motifs is 2. The van der Waals surface area contributed by atoms with Crippen molar-refractivity contribution in [1.29, 1.82) is 0 Å². The normalized spacial score (nSPS) is 43.9. The number of carbonyl (C=O) groups excluding carboxylic acids is 1. The Morgan fingerprint density at radius 1 is 1.16 bits per heavy atom. The second kappa shape index (κ2) is 7.71. The summed E-state index contributed by atoms with van der Waals surface area (Å²) in [4.78, 5) is 26.3. The van der Waals surface area contributed by atoms with Crippen molar-refractivity contribution >= 4 is 12.3 Å². The van der Waals surface area contributed by atoms with Crippen molar-refractivity contribution in [2.24, 2.45) is 51.8 Å². The van der Waals surface area contributed by atoms with Crippen LogP contribution in [0.2, 0.25) is 0 Å². The van der Waals surface area contributed by atoms with E-state index in [2.05, 4.69) is 40.7 Å². The number of aliphatic hydroxyl groups is 1. The van der Waals surface area contributed by atoms with Crippen molar-refractivity contribution in [2.45, 2.75) is 92.1 Å². The first-order chi connectivity index (χ1) is 14.6. The smallest absolute Gasteiger partial charge is 0.315 e. The van der Waals surface area contributed by atoms with Gasteiger partial charge in [-0.1, -0.05) is 72.0 Å². The van der Waals surface area contributed by atoms with Gasteiger partial charge in [0.25, 0.3) is 0 Å². The highest BCUT2D eigenvalue weighted by Crippen LogP contribution is 2.83. The number of carbonyl (C=O) groups is 2. The third-order valence-corrected chi connectivity index (χ3v) is 10.1. The van der Waals surface area contributed by atoms with Gasteiger partial charge in [-0.2, -0.15) is 0 Å². The fraction of sp³-hybridized carbons (Fsp3) is 0.852. The van der Waals surface area contributed by atoms with Crippen LogP contribution in [0.1, 0.15) is 86.0 Å². The van der Waals surface area contributed by atoms with Gasteiger partial charge in [0, 0.05) is 5.41 Å². The van der Waals surface area contributed by atoms with Gasteiger partial charge in [-0.3, -0.25) is 4.79 Å². The summed E-state index contributed by atoms with van der Waals surface area (Å²) in [5.74, 6) is 0.780. The van der Waals surface area contributed by atoms with Crippen molar-refractivity contribution in [3.63, 3.8) is 0 Å². The minimum absolute atomic E-state index is 0.0101. The Bertz CT molecular complexity index is 769. The maximum absolute atomic E-state index is 13.4. The molecule has 0 saturated heterocycles. The Morgan fingerprint density at radius 3 is 2.42 bits per heavy atom. The molecule has 0 spiro atoms. The van der Waals surface area contributed by atoms with Gasteiger partial charge in [-0.05, 0) is 61.2 Å². The molecule has 0 aliphatic heterocycles. The van der Waals surface area contributed by atoms with Crippen LogP contribution in [0.15, 0.2) is 11.6 Å². The van der Waals surface area contributed by atoms with Crippen molar-refractivity contribution in [3.8, 4) is 0 Å². The molecule has 31 heavy (non-hydrogen) atoms. The quantitative estimate of drug-likeness (QED) is 0.288. The molecule has 0 aromatic carbocycles. The summed E-state index contributed by atoms with van der Waals surface area (Å²) in [7, 11) is 0. The average molecular weight is 431 g/mol. The number of rotatable bonds is 9. The van der Waals surface area contributed by atoms with Gasteiger partial charge in [0.05, 0.1) is 11.5 Å². The SMILES string of the molecule is CC(C)CCCCC(O)C12C[C@@H]3[C@H](C)CC[C@H]3C3(C=O)CC1C=C(C(C)C)[C@@]23C(=O)O. The fourth-order valence-corrected chi connectivity index (χ4v) is 9.02. The molecule has 4 aliphatic rings. The number of unbranched alkanes of at least 4 members (excludes halogenated alkanes) is 1. The van der Waals surface area contributed by atoms with Crippen molar-refractivity contribution in [3.05, 3.63) is 11.6 Å². The Kier molecular flexibility index (Phi) is 5.72. The molecule has 0 amide bonds. The summed E-state index contributed by atoms with van der Waals surface area (Å²) in [5, 5.41) is 22.8. The van der Waals surface area contributed by atoms with E-state index < -0.39 is 28.3 Å². The van der Waals surface area contributed by atoms with E-state index in [4.69, 9.17) is 0 Å². The van der Waals surface area contributed by atoms with Gasteiger partial charge in [-0.25, -0.2) is 0 Å². The van der Waals surface area contributed by atoms with Crippen LogP contribution in [-0.2, 0) is 9.59 Å². The van der Waals surface area contributed by atoms with Crippen LogP contribution >= 0.6 is 0 Å². The maximum Gasteiger partial charge on any atom is 0.315 e. The number of carboxylic acids is 1. The molecule has 4 aliphatic carbocycles. The minimum Gasteiger partial charge on any atom is -0.481 e. The van der Waals surface area contributed by atoms with E-state index >= 15 is 0 Å². The van der Waals surface area contributed by atoms with Gasteiger partial charge < -0.3 is 15.0 Å². The predicted molar refractivity (Wildman–Crippen MR) is 121 cm³/mol. The number of aliphatic carboxylic acids is 1. The second-order valence-electron chi connectivity index (χ2n) is 12.1. The molecular formula is C27H42O4. The second-order valence-corrected chi connectivity index (χ2v) is 12.1. The zero-order chi connectivity index (χ0) is 22.8. The first-order valence-corrected chi connectivity index (χ1v) is 12.7. The van der Waals surface area contributed by atoms with E-state index in [-0.39, 0.29) is 17.8 Å². The number of carboxylic acid groups (broad SMARTS) is 1. The Morgan fingerprint density at radius 2 is 1.84 bits per heavy atom. The highest BCUT2D eigenvalue weighted by atomic mass is 16.4. The molecule has 0 aromatic rings. The maximum atomic E-state index is 13.4. The van der Waals surface area contributed by atoms with Crippen LogP contribution < -0.4 is 0 Å². The van der Waals surface area contributed by atoms with Crippen molar-refractivity contribution < 1.29 is 19.8 Å². The predicted octanol–water partition coefficient (Wildman–Crippen LogP) is 5.49. The lowest BCUT2D eigenvalue weighted by Gasteiger charge is -2.59. The van der Waals surface area contributed by atoms with Crippen LogP contribution in [-0.4, -0.2) is 28.6 Å². The van der Waals surface area contributed by atoms with E-state index in [0.29, 0.717) is 30.6 Å². The van der Waals surface area contributed by atoms with Crippen LogP contribution in [0, 0.1) is 51.8 Å². The Labute approximate surface area is 187 Å². The molecule has 0 radical (unpaired) electrons. The standard InChI is InChI=1S/C27H42O4/c1-16(2)8-6-7-9-23(29)26-14-20-18(5)10-11-21(20)25(15-28)13-19(26)12-22(17(3)4)27(25,26)24(30)31/h12,15-21,23,29H,6-11,13-14H2,1-5H3,(H,30,31)/t18-,19?,20-,21-,23?,25?,26?,27+/m1/s1. The molecule has 0 heterocycles. The molecule has 3 saturated carbocycles. The van der Waals surface area contributed by atoms with Crippen LogP contribution in [0.4, 0.5) is 0 Å². The van der Waals surface area contributed by atoms with Gasteiger partial charge >= 0.3 is 5.97 Å². The Balaban J connectivity index is 1.83. The van der Waals surface area contributed by atoms with Crippen LogP contribution in [0.3, 0.4) is 0 Å². The third kappa shape index (κ3) is 2.69. The molecule has 4 heteroatoms. The minimum atomic E-state index is -1.25. The summed E-state index contributed by atoms with van der Waals surface area (Å²) in [5.41, 5.74) is -1.94. The molecule has 174 valence electrons. The van der Waals surface area contributed by atoms with E-state index in [1.807, 2.05) is 0 Å². The molecule has 4 bridgehead atoms. The molecule has 4 nitrogen and oxygen atoms in total. The fourth-order valence-electron chi connectivity index (χ4n) is 9.02. The average Bonchev–Trinajstić information content (AvgIpc) is 3.28. The highest BCUT2D eigenvalue weighted by molar-refractivity contribution is 5.90. The highest BCUT2D eigenvalue weighted by Gasteiger charge is 2.85. The summed E-state index contributed by atoms with van der Waals surface area (Å²) >= 11 is 0. The van der Waals surface area contributed by atoms with Crippen LogP contribution in [0.5, 0.6) is 0 Å². The summed E-state index contributed by atoms with van der Waals surface area (Å²) in [6.07, 6.45) is 9.66. The van der Waals surface area contributed by atoms with Gasteiger partial charge in [0.15, 0.2) is 0 Å². The Hall–Kier alpha value is -1.16. The van der Waals surface area contributed by atoms with E-state index in [9.17, 15) is 19.8 Å². The first-order valence-electron chi connectivity index (χ1n) is 12.7. The summed E-state index contributed by atoms with van der Waals surface area (Å²) < 4.78 is 0. The zero-order valence-corrected chi connectivity index (χ0v) is 20.1. The number of hydrogen-bond acceptors (Lipinski definition) is 3.